The molecule has 2 aromatic rings. The van der Waals surface area contributed by atoms with Gasteiger partial charge in [0.05, 0.1) is 0 Å². The summed E-state index contributed by atoms with van der Waals surface area (Å²) >= 11 is 0. The Kier molecular flexibility index (Phi) is 4.38. The van der Waals surface area contributed by atoms with E-state index in [2.05, 4.69) is 10.2 Å². The number of nitrogens with two attached hydrogens (primary N) is 1. The summed E-state index contributed by atoms with van der Waals surface area (Å²) < 4.78 is 38.2. The molecule has 1 aromatic heterocycles. The van der Waals surface area contributed by atoms with Gasteiger partial charge >= 0.3 is 0 Å². The van der Waals surface area contributed by atoms with Gasteiger partial charge in [0, 0.05) is 13.0 Å². The number of nitrogens with zero attached hydrogens (tertiary/aromatic N) is 3. The Balaban J connectivity index is 2.45. The highest BCUT2D eigenvalue weighted by atomic mass is 32.2. The average Bonchev–Trinajstić information content (AvgIpc) is 2.74. The molecule has 1 aromatic carbocycles. The van der Waals surface area contributed by atoms with E-state index in [-0.39, 0.29) is 23.3 Å². The summed E-state index contributed by atoms with van der Waals surface area (Å²) in [7, 11) is -3.97. The third kappa shape index (κ3) is 3.64. The van der Waals surface area contributed by atoms with Crippen molar-refractivity contribution in [3.63, 3.8) is 0 Å². The second-order valence-corrected chi connectivity index (χ2v) is 6.67. The molecule has 0 aliphatic heterocycles. The van der Waals surface area contributed by atoms with Crippen molar-refractivity contribution in [2.75, 3.05) is 0 Å². The highest BCUT2D eigenvalue weighted by Crippen LogP contribution is 2.16. The number of halogens is 1. The SMILES string of the molecule is CC(C)Cn1c(Cc2ccccc2F)nnc1S(N)(=O)=O. The van der Waals surface area contributed by atoms with Gasteiger partial charge in [0.1, 0.15) is 11.6 Å². The van der Waals surface area contributed by atoms with Gasteiger partial charge in [-0.25, -0.2) is 17.9 Å². The van der Waals surface area contributed by atoms with Crippen molar-refractivity contribution < 1.29 is 12.8 Å². The Morgan fingerprint density at radius 3 is 2.52 bits per heavy atom. The number of sulfonamides is 1. The van der Waals surface area contributed by atoms with Crippen LogP contribution in [0.25, 0.3) is 0 Å². The van der Waals surface area contributed by atoms with E-state index < -0.39 is 10.0 Å². The van der Waals surface area contributed by atoms with Crippen molar-refractivity contribution in [2.24, 2.45) is 11.1 Å². The first-order valence-corrected chi connectivity index (χ1v) is 8.02. The molecule has 0 saturated heterocycles. The first-order valence-electron chi connectivity index (χ1n) is 6.47. The van der Waals surface area contributed by atoms with Crippen molar-refractivity contribution in [3.05, 3.63) is 41.5 Å². The molecule has 0 saturated carbocycles. The van der Waals surface area contributed by atoms with Crippen LogP contribution in [0.2, 0.25) is 0 Å². The fraction of sp³-hybridized carbons (Fsp3) is 0.385. The molecular weight excluding hydrogens is 295 g/mol. The minimum Gasteiger partial charge on any atom is -0.300 e. The second-order valence-electron chi connectivity index (χ2n) is 5.22. The monoisotopic (exact) mass is 312 g/mol. The van der Waals surface area contributed by atoms with E-state index in [0.29, 0.717) is 17.9 Å². The molecule has 0 amide bonds. The Morgan fingerprint density at radius 1 is 1.29 bits per heavy atom. The number of rotatable bonds is 5. The molecule has 21 heavy (non-hydrogen) atoms. The molecule has 0 bridgehead atoms. The molecule has 0 radical (unpaired) electrons. The van der Waals surface area contributed by atoms with Gasteiger partial charge in [-0.15, -0.1) is 10.2 Å². The summed E-state index contributed by atoms with van der Waals surface area (Å²) in [5, 5.41) is 12.4. The van der Waals surface area contributed by atoms with Crippen LogP contribution in [0.3, 0.4) is 0 Å². The molecule has 0 unspecified atom stereocenters. The van der Waals surface area contributed by atoms with Crippen LogP contribution in [0.5, 0.6) is 0 Å². The Labute approximate surface area is 122 Å². The van der Waals surface area contributed by atoms with E-state index in [1.165, 1.54) is 10.6 Å². The lowest BCUT2D eigenvalue weighted by Crippen LogP contribution is -2.21. The van der Waals surface area contributed by atoms with Gasteiger partial charge in [-0.1, -0.05) is 32.0 Å². The smallest absolute Gasteiger partial charge is 0.273 e. The Hall–Kier alpha value is -1.80. The molecule has 0 fully saturated rings. The molecule has 114 valence electrons. The maximum atomic E-state index is 13.7. The van der Waals surface area contributed by atoms with Crippen LogP contribution in [0.1, 0.15) is 25.2 Å². The first-order chi connectivity index (χ1) is 9.79. The summed E-state index contributed by atoms with van der Waals surface area (Å²) in [6.45, 7) is 4.25. The van der Waals surface area contributed by atoms with Crippen LogP contribution in [-0.2, 0) is 23.0 Å². The largest absolute Gasteiger partial charge is 0.300 e. The zero-order valence-electron chi connectivity index (χ0n) is 11.8. The number of benzene rings is 1. The standard InChI is InChI=1S/C13H17FN4O2S/c1-9(2)8-18-12(16-17-13(18)21(15,19)20)7-10-5-3-4-6-11(10)14/h3-6,9H,7-8H2,1-2H3,(H2,15,19,20). The van der Waals surface area contributed by atoms with Crippen molar-refractivity contribution in [3.8, 4) is 0 Å². The lowest BCUT2D eigenvalue weighted by Gasteiger charge is -2.12. The van der Waals surface area contributed by atoms with Gasteiger partial charge in [-0.3, -0.25) is 0 Å². The van der Waals surface area contributed by atoms with Gasteiger partial charge < -0.3 is 4.57 Å². The quantitative estimate of drug-likeness (QED) is 0.901. The lowest BCUT2D eigenvalue weighted by molar-refractivity contribution is 0.471. The van der Waals surface area contributed by atoms with E-state index in [9.17, 15) is 12.8 Å². The highest BCUT2D eigenvalue weighted by molar-refractivity contribution is 7.89. The molecule has 6 nitrogen and oxygen atoms in total. The van der Waals surface area contributed by atoms with E-state index >= 15 is 0 Å². The summed E-state index contributed by atoms with van der Waals surface area (Å²) in [5.74, 6) is 0.174. The van der Waals surface area contributed by atoms with Crippen LogP contribution in [0.15, 0.2) is 29.4 Å². The number of hydrogen-bond acceptors (Lipinski definition) is 4. The predicted molar refractivity (Wildman–Crippen MR) is 75.4 cm³/mol. The molecule has 8 heteroatoms. The fourth-order valence-corrected chi connectivity index (χ4v) is 2.66. The Bertz CT molecular complexity index is 740. The minimum absolute atomic E-state index is 0.155. The number of hydrogen-bond donors (Lipinski definition) is 1. The van der Waals surface area contributed by atoms with Crippen LogP contribution < -0.4 is 5.14 Å². The van der Waals surface area contributed by atoms with E-state index in [1.807, 2.05) is 13.8 Å². The number of primary sulfonamides is 1. The third-order valence-electron chi connectivity index (χ3n) is 2.90. The molecule has 0 atom stereocenters. The van der Waals surface area contributed by atoms with Crippen molar-refractivity contribution in [2.45, 2.75) is 32.0 Å². The van der Waals surface area contributed by atoms with Gasteiger partial charge in [-0.05, 0) is 17.5 Å². The second kappa shape index (κ2) is 5.90. The molecular formula is C13H17FN4O2S. The summed E-state index contributed by atoms with van der Waals surface area (Å²) in [6.07, 6.45) is 0.155. The van der Waals surface area contributed by atoms with Gasteiger partial charge in [-0.2, -0.15) is 0 Å². The van der Waals surface area contributed by atoms with Crippen molar-refractivity contribution >= 4 is 10.0 Å². The normalized spacial score (nSPS) is 12.0. The molecule has 1 heterocycles. The predicted octanol–water partition coefficient (Wildman–Crippen LogP) is 1.31. The highest BCUT2D eigenvalue weighted by Gasteiger charge is 2.22. The zero-order chi connectivity index (χ0) is 15.6. The van der Waals surface area contributed by atoms with E-state index in [0.717, 1.165) is 0 Å². The third-order valence-corrected chi connectivity index (χ3v) is 3.71. The average molecular weight is 312 g/mol. The fourth-order valence-electron chi connectivity index (χ4n) is 2.02. The number of aromatic nitrogens is 3. The molecule has 0 aliphatic carbocycles. The van der Waals surface area contributed by atoms with Gasteiger partial charge in [0.15, 0.2) is 0 Å². The van der Waals surface area contributed by atoms with E-state index in [4.69, 9.17) is 5.14 Å². The van der Waals surface area contributed by atoms with Crippen LogP contribution in [0.4, 0.5) is 4.39 Å². The molecule has 0 aliphatic rings. The molecule has 0 spiro atoms. The zero-order valence-corrected chi connectivity index (χ0v) is 12.6. The van der Waals surface area contributed by atoms with Crippen LogP contribution in [-0.4, -0.2) is 23.2 Å². The summed E-state index contributed by atoms with van der Waals surface area (Å²) in [5.41, 5.74) is 0.427. The van der Waals surface area contributed by atoms with Crippen molar-refractivity contribution in [1.82, 2.24) is 14.8 Å². The topological polar surface area (TPSA) is 90.9 Å². The lowest BCUT2D eigenvalue weighted by atomic mass is 10.1. The van der Waals surface area contributed by atoms with Crippen LogP contribution in [0, 0.1) is 11.7 Å². The maximum absolute atomic E-state index is 13.7. The summed E-state index contributed by atoms with van der Waals surface area (Å²) in [6, 6.07) is 6.27. The maximum Gasteiger partial charge on any atom is 0.273 e. The summed E-state index contributed by atoms with van der Waals surface area (Å²) in [4.78, 5) is 0. The van der Waals surface area contributed by atoms with Crippen LogP contribution >= 0.6 is 0 Å². The minimum atomic E-state index is -3.97. The Morgan fingerprint density at radius 2 is 1.95 bits per heavy atom. The molecule has 2 rings (SSSR count). The van der Waals surface area contributed by atoms with Gasteiger partial charge in [0.2, 0.25) is 0 Å². The first kappa shape index (κ1) is 15.6. The van der Waals surface area contributed by atoms with E-state index in [1.54, 1.807) is 18.2 Å². The van der Waals surface area contributed by atoms with Crippen molar-refractivity contribution in [1.29, 1.82) is 0 Å². The molecule has 2 N–H and O–H groups in total. The van der Waals surface area contributed by atoms with Gasteiger partial charge in [0.25, 0.3) is 15.2 Å².